The van der Waals surface area contributed by atoms with Gasteiger partial charge in [-0.15, -0.1) is 0 Å². The summed E-state index contributed by atoms with van der Waals surface area (Å²) in [5.41, 5.74) is 1.28. The van der Waals surface area contributed by atoms with Gasteiger partial charge in [0.2, 0.25) is 0 Å². The summed E-state index contributed by atoms with van der Waals surface area (Å²) in [5, 5.41) is 0. The van der Waals surface area contributed by atoms with Crippen molar-refractivity contribution in [3.8, 4) is 0 Å². The topological polar surface area (TPSA) is 61.8 Å². The SMILES string of the molecule is CC(C)[Si](OC[C@@]12CC[C@H]3[C@H](C)C(=O)C([Se](=O)c4ccccc4)C[C@]3(C)[C@H]1[C@@H]1OC(C)(C)O[C@@H]1[C@H](C)C2)(C(C)C)C(C)C. The van der Waals surface area contributed by atoms with E-state index in [0.29, 0.717) is 29.0 Å². The van der Waals surface area contributed by atoms with E-state index in [1.165, 1.54) is 0 Å². The van der Waals surface area contributed by atoms with Crippen LogP contribution in [0.2, 0.25) is 21.4 Å². The van der Waals surface area contributed by atoms with Crippen molar-refractivity contribution in [2.75, 3.05) is 6.61 Å². The Labute approximate surface area is 266 Å². The molecule has 3 saturated carbocycles. The first-order chi connectivity index (χ1) is 20.0. The van der Waals surface area contributed by atoms with Crippen LogP contribution in [0.1, 0.15) is 102 Å². The van der Waals surface area contributed by atoms with Gasteiger partial charge in [-0.25, -0.2) is 0 Å². The molecule has 0 aromatic heterocycles. The maximum atomic E-state index is 14.2. The summed E-state index contributed by atoms with van der Waals surface area (Å²) in [6, 6.07) is 9.75. The molecule has 0 radical (unpaired) electrons. The van der Waals surface area contributed by atoms with Gasteiger partial charge in [-0.05, 0) is 0 Å². The molecule has 1 aromatic carbocycles. The summed E-state index contributed by atoms with van der Waals surface area (Å²) in [6.07, 6.45) is 3.73. The molecule has 5 nitrogen and oxygen atoms in total. The molecule has 0 amide bonds. The van der Waals surface area contributed by atoms with Gasteiger partial charge in [-0.1, -0.05) is 0 Å². The Morgan fingerprint density at radius 3 is 2.09 bits per heavy atom. The third kappa shape index (κ3) is 5.44. The Morgan fingerprint density at radius 2 is 1.51 bits per heavy atom. The molecule has 1 heterocycles. The molecule has 3 aliphatic carbocycles. The van der Waals surface area contributed by atoms with Crippen LogP contribution in [0.25, 0.3) is 0 Å². The van der Waals surface area contributed by atoms with E-state index in [1.54, 1.807) is 0 Å². The molecular weight excluding hydrogens is 619 g/mol. The van der Waals surface area contributed by atoms with Gasteiger partial charge in [0.25, 0.3) is 0 Å². The van der Waals surface area contributed by atoms with Crippen LogP contribution < -0.4 is 4.46 Å². The number of ketones is 1. The molecule has 4 aliphatic rings. The molecule has 43 heavy (non-hydrogen) atoms. The molecule has 5 rings (SSSR count). The van der Waals surface area contributed by atoms with Gasteiger partial charge in [-0.2, -0.15) is 0 Å². The number of fused-ring (bicyclic) bond motifs is 5. The molecule has 4 fully saturated rings. The molecule has 2 unspecified atom stereocenters. The first-order valence-corrected chi connectivity index (χ1v) is 21.7. The first-order valence-electron chi connectivity index (χ1n) is 17.0. The number of carbonyl (C=O) groups is 1. The fourth-order valence-corrected chi connectivity index (χ4v) is 20.1. The third-order valence-corrected chi connectivity index (χ3v) is 22.0. The average molecular weight is 678 g/mol. The van der Waals surface area contributed by atoms with Gasteiger partial charge in [-0.3, -0.25) is 0 Å². The molecule has 1 aliphatic heterocycles. The van der Waals surface area contributed by atoms with Crippen molar-refractivity contribution < 1.29 is 22.5 Å². The van der Waals surface area contributed by atoms with Crippen LogP contribution in [0.15, 0.2) is 30.3 Å². The maximum absolute atomic E-state index is 14.2. The van der Waals surface area contributed by atoms with Gasteiger partial charge in [0.1, 0.15) is 0 Å². The Bertz CT molecular complexity index is 1180. The number of hydrogen-bond donors (Lipinski definition) is 0. The van der Waals surface area contributed by atoms with Crippen LogP contribution in [0.4, 0.5) is 0 Å². The summed E-state index contributed by atoms with van der Waals surface area (Å²) < 4.78 is 36.1. The molecule has 1 aromatic rings. The Morgan fingerprint density at radius 1 is 0.930 bits per heavy atom. The molecule has 0 bridgehead atoms. The summed E-state index contributed by atoms with van der Waals surface area (Å²) in [6.45, 7) is 26.0. The zero-order chi connectivity index (χ0) is 31.7. The van der Waals surface area contributed by atoms with Crippen molar-refractivity contribution >= 4 is 32.4 Å². The van der Waals surface area contributed by atoms with Gasteiger partial charge in [0.15, 0.2) is 0 Å². The van der Waals surface area contributed by atoms with Gasteiger partial charge in [0, 0.05) is 0 Å². The minimum absolute atomic E-state index is 0.0191. The molecule has 242 valence electrons. The normalized spacial score (nSPS) is 40.0. The van der Waals surface area contributed by atoms with Crippen molar-refractivity contribution in [1.29, 1.82) is 0 Å². The number of carbonyl (C=O) groups excluding carboxylic acids is 1. The van der Waals surface area contributed by atoms with Crippen LogP contribution in [-0.4, -0.2) is 52.5 Å². The fourth-order valence-electron chi connectivity index (χ4n) is 11.1. The molecule has 10 atom stereocenters. The van der Waals surface area contributed by atoms with E-state index in [-0.39, 0.29) is 46.6 Å². The summed E-state index contributed by atoms with van der Waals surface area (Å²) in [7, 11) is -2.11. The number of hydrogen-bond acceptors (Lipinski definition) is 5. The quantitative estimate of drug-likeness (QED) is 0.261. The first kappa shape index (κ1) is 33.7. The van der Waals surface area contributed by atoms with E-state index in [0.717, 1.165) is 30.3 Å². The van der Waals surface area contributed by atoms with Crippen LogP contribution in [0.3, 0.4) is 0 Å². The van der Waals surface area contributed by atoms with Crippen molar-refractivity contribution in [2.24, 2.45) is 34.5 Å². The number of Topliss-reactive ketones (excluding diaryl/α,β-unsaturated/α-hetero) is 1. The number of ether oxygens (including phenoxy) is 2. The summed E-state index contributed by atoms with van der Waals surface area (Å²) in [4.78, 5) is 13.6. The second-order valence-corrected chi connectivity index (χ2v) is 25.2. The third-order valence-electron chi connectivity index (χ3n) is 12.5. The summed E-state index contributed by atoms with van der Waals surface area (Å²) in [5.74, 6) is 0.217. The standard InChI is InChI=1S/C36H58O5SeSi/c1-22(2)43(23(3)4,24(5)6)39-21-36-18-17-28-26(8)30(37)29(42(38)27-15-13-12-14-16-27)20-35(28,11)33(36)32-31(25(7)19-36)40-34(9,10)41-32/h12-16,22-26,28-29,31-33H,17-21H2,1-11H3/t25-,26+,28+,29?,31-,32-,33-,35+,36+,42?/m1/s1. The average Bonchev–Trinajstić information content (AvgIpc) is 3.25. The second-order valence-electron chi connectivity index (χ2n) is 16.3. The molecule has 0 N–H and O–H groups in total. The van der Waals surface area contributed by atoms with Gasteiger partial charge >= 0.3 is 268 Å². The minimum atomic E-state index is -2.60. The van der Waals surface area contributed by atoms with E-state index in [4.69, 9.17) is 13.9 Å². The fraction of sp³-hybridized carbons (Fsp3) is 0.806. The van der Waals surface area contributed by atoms with Crippen LogP contribution >= 0.6 is 0 Å². The second kappa shape index (κ2) is 11.8. The predicted molar refractivity (Wildman–Crippen MR) is 176 cm³/mol. The van der Waals surface area contributed by atoms with Crippen molar-refractivity contribution in [2.45, 2.75) is 141 Å². The zero-order valence-electron chi connectivity index (χ0n) is 28.6. The van der Waals surface area contributed by atoms with Gasteiger partial charge in [0.05, 0.1) is 0 Å². The van der Waals surface area contributed by atoms with Crippen LogP contribution in [0, 0.1) is 34.5 Å². The van der Waals surface area contributed by atoms with E-state index < -0.39 is 32.8 Å². The molecular formula is C36H58O5SeSi. The number of benzene rings is 1. The van der Waals surface area contributed by atoms with E-state index >= 15 is 0 Å². The van der Waals surface area contributed by atoms with Crippen molar-refractivity contribution in [3.05, 3.63) is 30.3 Å². The van der Waals surface area contributed by atoms with Crippen LogP contribution in [0.5, 0.6) is 0 Å². The molecule has 1 saturated heterocycles. The van der Waals surface area contributed by atoms with Gasteiger partial charge < -0.3 is 0 Å². The van der Waals surface area contributed by atoms with E-state index in [9.17, 15) is 8.63 Å². The van der Waals surface area contributed by atoms with E-state index in [1.807, 2.05) is 30.3 Å². The van der Waals surface area contributed by atoms with E-state index in [2.05, 4.69) is 76.2 Å². The Balaban J connectivity index is 1.60. The Hall–Kier alpha value is -0.694. The summed E-state index contributed by atoms with van der Waals surface area (Å²) >= 11 is -2.60. The monoisotopic (exact) mass is 678 g/mol. The molecule has 0 spiro atoms. The van der Waals surface area contributed by atoms with Crippen molar-refractivity contribution in [3.63, 3.8) is 0 Å². The Kier molecular flexibility index (Phi) is 9.26. The number of rotatable bonds is 8. The molecule has 7 heteroatoms. The van der Waals surface area contributed by atoms with Crippen molar-refractivity contribution in [1.82, 2.24) is 0 Å². The predicted octanol–water partition coefficient (Wildman–Crippen LogP) is 8.07. The zero-order valence-corrected chi connectivity index (χ0v) is 31.4. The van der Waals surface area contributed by atoms with Crippen LogP contribution in [-0.2, 0) is 22.5 Å².